The fraction of sp³-hybridized carbons (Fsp3) is 0.600. The molecule has 19 heavy (non-hydrogen) atoms. The zero-order valence-corrected chi connectivity index (χ0v) is 12.8. The molecule has 1 nitrogen and oxygen atoms in total. The van der Waals surface area contributed by atoms with Gasteiger partial charge in [-0.05, 0) is 24.5 Å². The predicted molar refractivity (Wildman–Crippen MR) is 79.9 cm³/mol. The topological polar surface area (TPSA) is 9.23 Å². The molecule has 0 spiro atoms. The fourth-order valence-electron chi connectivity index (χ4n) is 1.96. The number of halogens is 3. The molecule has 0 unspecified atom stereocenters. The lowest BCUT2D eigenvalue weighted by atomic mass is 9.81. The lowest BCUT2D eigenvalue weighted by molar-refractivity contribution is 0.116. The summed E-state index contributed by atoms with van der Waals surface area (Å²) in [4.78, 5) is 0. The maximum atomic E-state index is 13.9. The van der Waals surface area contributed by atoms with Crippen molar-refractivity contribution < 1.29 is 9.13 Å². The highest BCUT2D eigenvalue weighted by Gasteiger charge is 2.32. The molecule has 1 rings (SSSR count). The molecule has 0 saturated heterocycles. The van der Waals surface area contributed by atoms with E-state index in [1.165, 1.54) is 6.07 Å². The summed E-state index contributed by atoms with van der Waals surface area (Å²) in [7, 11) is 0. The van der Waals surface area contributed by atoms with Gasteiger partial charge in [-0.15, -0.1) is 23.2 Å². The monoisotopic (exact) mass is 306 g/mol. The van der Waals surface area contributed by atoms with Crippen LogP contribution in [0.25, 0.3) is 0 Å². The van der Waals surface area contributed by atoms with E-state index in [0.29, 0.717) is 18.6 Å². The van der Waals surface area contributed by atoms with Crippen LogP contribution in [0.1, 0.15) is 31.7 Å². The van der Waals surface area contributed by atoms with E-state index in [9.17, 15) is 4.39 Å². The molecule has 0 aliphatic heterocycles. The number of rotatable bonds is 9. The van der Waals surface area contributed by atoms with Gasteiger partial charge in [-0.2, -0.15) is 0 Å². The smallest absolute Gasteiger partial charge is 0.127 e. The third-order valence-electron chi connectivity index (χ3n) is 3.32. The highest BCUT2D eigenvalue weighted by Crippen LogP contribution is 2.33. The molecule has 0 aliphatic carbocycles. The number of ether oxygens (including phenoxy) is 1. The van der Waals surface area contributed by atoms with Gasteiger partial charge in [0.2, 0.25) is 0 Å². The van der Waals surface area contributed by atoms with E-state index in [2.05, 4.69) is 6.92 Å². The Bertz CT molecular complexity index is 367. The van der Waals surface area contributed by atoms with Gasteiger partial charge in [0.25, 0.3) is 0 Å². The van der Waals surface area contributed by atoms with Crippen LogP contribution >= 0.6 is 23.2 Å². The molecule has 0 bridgehead atoms. The van der Waals surface area contributed by atoms with Gasteiger partial charge in [0.05, 0.1) is 0 Å². The van der Waals surface area contributed by atoms with Crippen LogP contribution in [0.2, 0.25) is 0 Å². The van der Waals surface area contributed by atoms with Crippen molar-refractivity contribution in [2.24, 2.45) is 0 Å². The van der Waals surface area contributed by atoms with Crippen molar-refractivity contribution >= 4 is 23.2 Å². The quantitative estimate of drug-likeness (QED) is 0.472. The summed E-state index contributed by atoms with van der Waals surface area (Å²) in [6.07, 6.45) is 2.77. The fourth-order valence-corrected chi connectivity index (χ4v) is 2.80. The van der Waals surface area contributed by atoms with E-state index in [0.717, 1.165) is 19.4 Å². The van der Waals surface area contributed by atoms with Crippen LogP contribution in [-0.4, -0.2) is 25.0 Å². The van der Waals surface area contributed by atoms with Gasteiger partial charge in [0, 0.05) is 30.4 Å². The van der Waals surface area contributed by atoms with Crippen LogP contribution in [0.3, 0.4) is 0 Å². The molecule has 0 aromatic heterocycles. The molecular weight excluding hydrogens is 286 g/mol. The maximum Gasteiger partial charge on any atom is 0.127 e. The molecule has 0 saturated carbocycles. The van der Waals surface area contributed by atoms with Crippen molar-refractivity contribution in [3.63, 3.8) is 0 Å². The Morgan fingerprint density at radius 3 is 2.42 bits per heavy atom. The van der Waals surface area contributed by atoms with Crippen LogP contribution in [0.5, 0.6) is 0 Å². The molecule has 0 N–H and O–H groups in total. The summed E-state index contributed by atoms with van der Waals surface area (Å²) in [6.45, 7) is 3.40. The van der Waals surface area contributed by atoms with Crippen LogP contribution in [0.15, 0.2) is 24.3 Å². The van der Waals surface area contributed by atoms with Gasteiger partial charge < -0.3 is 4.74 Å². The van der Waals surface area contributed by atoms with Crippen LogP contribution in [0.4, 0.5) is 4.39 Å². The van der Waals surface area contributed by atoms with Crippen molar-refractivity contribution in [3.8, 4) is 0 Å². The summed E-state index contributed by atoms with van der Waals surface area (Å²) < 4.78 is 19.5. The SMILES string of the molecule is CCCCOCCC(CCl)(CCl)c1ccccc1F. The summed E-state index contributed by atoms with van der Waals surface area (Å²) >= 11 is 12.1. The summed E-state index contributed by atoms with van der Waals surface area (Å²) in [6, 6.07) is 6.68. The molecule has 4 heteroatoms. The average Bonchev–Trinajstić information content (AvgIpc) is 2.44. The molecule has 0 amide bonds. The number of hydrogen-bond donors (Lipinski definition) is 0. The molecule has 0 aliphatic rings. The van der Waals surface area contributed by atoms with E-state index >= 15 is 0 Å². The normalized spacial score (nSPS) is 11.8. The molecule has 108 valence electrons. The first kappa shape index (κ1) is 16.7. The first-order chi connectivity index (χ1) is 9.20. The molecule has 0 atom stereocenters. The van der Waals surface area contributed by atoms with Gasteiger partial charge in [0.1, 0.15) is 5.82 Å². The van der Waals surface area contributed by atoms with Crippen LogP contribution < -0.4 is 0 Å². The highest BCUT2D eigenvalue weighted by atomic mass is 35.5. The molecule has 1 aromatic rings. The second-order valence-corrected chi connectivity index (χ2v) is 5.28. The zero-order chi connectivity index (χ0) is 14.1. The van der Waals surface area contributed by atoms with Gasteiger partial charge in [-0.25, -0.2) is 4.39 Å². The second kappa shape index (κ2) is 8.78. The lowest BCUT2D eigenvalue weighted by Crippen LogP contribution is -2.33. The summed E-state index contributed by atoms with van der Waals surface area (Å²) in [5.41, 5.74) is 0.0276. The van der Waals surface area contributed by atoms with Crippen molar-refractivity contribution in [1.82, 2.24) is 0 Å². The highest BCUT2D eigenvalue weighted by molar-refractivity contribution is 6.22. The molecule has 1 aromatic carbocycles. The number of benzene rings is 1. The largest absolute Gasteiger partial charge is 0.381 e. The van der Waals surface area contributed by atoms with Gasteiger partial charge in [0.15, 0.2) is 0 Å². The van der Waals surface area contributed by atoms with E-state index in [1.807, 2.05) is 6.07 Å². The Hall–Kier alpha value is -0.310. The van der Waals surface area contributed by atoms with Crippen LogP contribution in [-0.2, 0) is 10.2 Å². The number of alkyl halides is 2. The second-order valence-electron chi connectivity index (χ2n) is 4.74. The van der Waals surface area contributed by atoms with Crippen molar-refractivity contribution in [2.75, 3.05) is 25.0 Å². The molecule has 0 heterocycles. The first-order valence-electron chi connectivity index (χ1n) is 6.65. The Morgan fingerprint density at radius 1 is 1.16 bits per heavy atom. The Labute approximate surface area is 125 Å². The third-order valence-corrected chi connectivity index (χ3v) is 4.35. The number of hydrogen-bond acceptors (Lipinski definition) is 1. The average molecular weight is 307 g/mol. The third kappa shape index (κ3) is 4.62. The van der Waals surface area contributed by atoms with Gasteiger partial charge >= 0.3 is 0 Å². The minimum absolute atomic E-state index is 0.252. The minimum atomic E-state index is -0.555. The van der Waals surface area contributed by atoms with E-state index in [-0.39, 0.29) is 17.6 Å². The maximum absolute atomic E-state index is 13.9. The van der Waals surface area contributed by atoms with E-state index in [4.69, 9.17) is 27.9 Å². The van der Waals surface area contributed by atoms with Crippen molar-refractivity contribution in [1.29, 1.82) is 0 Å². The standard InChI is InChI=1S/C15H21Cl2FO/c1-2-3-9-19-10-8-15(11-16,12-17)13-6-4-5-7-14(13)18/h4-7H,2-3,8-12H2,1H3. The zero-order valence-electron chi connectivity index (χ0n) is 11.3. The van der Waals surface area contributed by atoms with Crippen LogP contribution in [0, 0.1) is 5.82 Å². The minimum Gasteiger partial charge on any atom is -0.381 e. The summed E-state index contributed by atoms with van der Waals surface area (Å²) in [5.74, 6) is 0.320. The lowest BCUT2D eigenvalue weighted by Gasteiger charge is -2.30. The number of unbranched alkanes of at least 4 members (excludes halogenated alkanes) is 1. The first-order valence-corrected chi connectivity index (χ1v) is 7.72. The van der Waals surface area contributed by atoms with Crippen molar-refractivity contribution in [2.45, 2.75) is 31.6 Å². The van der Waals surface area contributed by atoms with E-state index < -0.39 is 5.41 Å². The Balaban J connectivity index is 2.71. The molecule has 0 radical (unpaired) electrons. The Morgan fingerprint density at radius 2 is 1.84 bits per heavy atom. The molecule has 0 fully saturated rings. The summed E-state index contributed by atoms with van der Waals surface area (Å²) in [5, 5.41) is 0. The van der Waals surface area contributed by atoms with Crippen molar-refractivity contribution in [3.05, 3.63) is 35.6 Å². The van der Waals surface area contributed by atoms with Gasteiger partial charge in [-0.3, -0.25) is 0 Å². The van der Waals surface area contributed by atoms with E-state index in [1.54, 1.807) is 12.1 Å². The molecular formula is C15H21Cl2FO. The van der Waals surface area contributed by atoms with Gasteiger partial charge in [-0.1, -0.05) is 31.5 Å². The predicted octanol–water partition coefficient (Wildman–Crippen LogP) is 4.75. The Kier molecular flexibility index (Phi) is 7.74.